The third-order valence-corrected chi connectivity index (χ3v) is 3.54. The normalized spacial score (nSPS) is 10.4. The molecule has 0 unspecified atom stereocenters. The van der Waals surface area contributed by atoms with Gasteiger partial charge >= 0.3 is 5.97 Å². The molecule has 0 saturated heterocycles. The van der Waals surface area contributed by atoms with Crippen molar-refractivity contribution < 1.29 is 14.6 Å². The van der Waals surface area contributed by atoms with Crippen molar-refractivity contribution in [1.82, 2.24) is 0 Å². The van der Waals surface area contributed by atoms with Gasteiger partial charge in [-0.1, -0.05) is 18.2 Å². The molecule has 0 heterocycles. The van der Waals surface area contributed by atoms with Crippen LogP contribution in [0.15, 0.2) is 30.3 Å². The monoisotopic (exact) mass is 285 g/mol. The summed E-state index contributed by atoms with van der Waals surface area (Å²) in [6.45, 7) is 6.19. The van der Waals surface area contributed by atoms with E-state index in [1.807, 2.05) is 26.8 Å². The molecule has 21 heavy (non-hydrogen) atoms. The number of anilines is 1. The van der Waals surface area contributed by atoms with Crippen LogP contribution in [-0.4, -0.2) is 11.1 Å². The predicted molar refractivity (Wildman–Crippen MR) is 82.8 cm³/mol. The first-order chi connectivity index (χ1) is 9.90. The summed E-state index contributed by atoms with van der Waals surface area (Å²) in [5.41, 5.74) is 9.98. The second-order valence-corrected chi connectivity index (χ2v) is 5.18. The molecule has 0 atom stereocenters. The smallest absolute Gasteiger partial charge is 0.338 e. The van der Waals surface area contributed by atoms with E-state index in [2.05, 4.69) is 6.07 Å². The quantitative estimate of drug-likeness (QED) is 0.844. The fourth-order valence-corrected chi connectivity index (χ4v) is 2.31. The average molecular weight is 285 g/mol. The molecule has 0 aliphatic carbocycles. The van der Waals surface area contributed by atoms with Crippen LogP contribution in [0.3, 0.4) is 0 Å². The van der Waals surface area contributed by atoms with Gasteiger partial charge in [-0.15, -0.1) is 0 Å². The van der Waals surface area contributed by atoms with E-state index in [1.165, 1.54) is 0 Å². The Morgan fingerprint density at radius 1 is 1.24 bits per heavy atom. The minimum absolute atomic E-state index is 0.111. The van der Waals surface area contributed by atoms with Crippen molar-refractivity contribution in [3.8, 4) is 5.75 Å². The highest BCUT2D eigenvalue weighted by Gasteiger charge is 2.14. The van der Waals surface area contributed by atoms with E-state index in [9.17, 15) is 9.90 Å². The molecule has 0 aromatic heterocycles. The van der Waals surface area contributed by atoms with Gasteiger partial charge in [0, 0.05) is 11.3 Å². The van der Waals surface area contributed by atoms with Gasteiger partial charge in [0.2, 0.25) is 0 Å². The number of hydrogen-bond acceptors (Lipinski definition) is 3. The maximum atomic E-state index is 11.3. The van der Waals surface area contributed by atoms with Gasteiger partial charge in [-0.05, 0) is 49.6 Å². The van der Waals surface area contributed by atoms with Crippen molar-refractivity contribution in [2.45, 2.75) is 27.4 Å². The lowest BCUT2D eigenvalue weighted by atomic mass is 10.0. The second kappa shape index (κ2) is 5.87. The van der Waals surface area contributed by atoms with Crippen molar-refractivity contribution in [2.75, 3.05) is 5.73 Å². The topological polar surface area (TPSA) is 72.5 Å². The minimum Gasteiger partial charge on any atom is -0.489 e. The Morgan fingerprint density at radius 2 is 1.95 bits per heavy atom. The van der Waals surface area contributed by atoms with Crippen LogP contribution >= 0.6 is 0 Å². The first-order valence-electron chi connectivity index (χ1n) is 6.71. The molecule has 0 bridgehead atoms. The summed E-state index contributed by atoms with van der Waals surface area (Å²) in [7, 11) is 0. The fourth-order valence-electron chi connectivity index (χ4n) is 2.31. The van der Waals surface area contributed by atoms with Gasteiger partial charge in [-0.25, -0.2) is 4.79 Å². The van der Waals surface area contributed by atoms with Crippen LogP contribution in [0.4, 0.5) is 5.69 Å². The molecule has 0 amide bonds. The Morgan fingerprint density at radius 3 is 2.62 bits per heavy atom. The fraction of sp³-hybridized carbons (Fsp3) is 0.235. The minimum atomic E-state index is -1.04. The molecule has 3 N–H and O–H groups in total. The van der Waals surface area contributed by atoms with E-state index < -0.39 is 5.97 Å². The number of hydrogen-bond donors (Lipinski definition) is 2. The van der Waals surface area contributed by atoms with Crippen LogP contribution in [0.5, 0.6) is 5.75 Å². The molecule has 110 valence electrons. The number of aryl methyl sites for hydroxylation is 2. The summed E-state index contributed by atoms with van der Waals surface area (Å²) in [6, 6.07) is 9.07. The van der Waals surface area contributed by atoms with Gasteiger partial charge in [0.15, 0.2) is 0 Å². The lowest BCUT2D eigenvalue weighted by molar-refractivity contribution is 0.0695. The molecule has 0 saturated carbocycles. The molecule has 0 aliphatic heterocycles. The third-order valence-electron chi connectivity index (χ3n) is 3.54. The van der Waals surface area contributed by atoms with Crippen molar-refractivity contribution >= 4 is 11.7 Å². The average Bonchev–Trinajstić information content (AvgIpc) is 2.40. The number of carboxylic acids is 1. The van der Waals surface area contributed by atoms with Crippen LogP contribution in [0.2, 0.25) is 0 Å². The molecule has 0 spiro atoms. The van der Waals surface area contributed by atoms with Gasteiger partial charge < -0.3 is 15.6 Å². The Kier molecular flexibility index (Phi) is 4.17. The molecular formula is C17H19NO3. The van der Waals surface area contributed by atoms with Crippen LogP contribution in [-0.2, 0) is 6.61 Å². The number of rotatable bonds is 4. The van der Waals surface area contributed by atoms with Crippen LogP contribution in [0.25, 0.3) is 0 Å². The van der Waals surface area contributed by atoms with Crippen LogP contribution in [0, 0.1) is 20.8 Å². The largest absolute Gasteiger partial charge is 0.489 e. The van der Waals surface area contributed by atoms with Gasteiger partial charge in [-0.2, -0.15) is 0 Å². The molecular weight excluding hydrogens is 266 g/mol. The van der Waals surface area contributed by atoms with Crippen molar-refractivity contribution in [3.63, 3.8) is 0 Å². The van der Waals surface area contributed by atoms with Crippen molar-refractivity contribution in [2.24, 2.45) is 0 Å². The predicted octanol–water partition coefficient (Wildman–Crippen LogP) is 3.47. The molecule has 0 radical (unpaired) electrons. The summed E-state index contributed by atoms with van der Waals surface area (Å²) in [5.74, 6) is -0.268. The maximum absolute atomic E-state index is 11.3. The summed E-state index contributed by atoms with van der Waals surface area (Å²) in [6.07, 6.45) is 0. The van der Waals surface area contributed by atoms with Gasteiger partial charge in [-0.3, -0.25) is 0 Å². The summed E-state index contributed by atoms with van der Waals surface area (Å²) in [5, 5.41) is 9.25. The highest BCUT2D eigenvalue weighted by atomic mass is 16.5. The Hall–Kier alpha value is -2.49. The summed E-state index contributed by atoms with van der Waals surface area (Å²) in [4.78, 5) is 11.3. The third kappa shape index (κ3) is 3.16. The zero-order valence-electron chi connectivity index (χ0n) is 12.4. The van der Waals surface area contributed by atoms with E-state index in [-0.39, 0.29) is 17.9 Å². The number of nitrogen functional groups attached to an aromatic ring is 1. The molecule has 4 nitrogen and oxygen atoms in total. The van der Waals surface area contributed by atoms with Crippen LogP contribution in [0.1, 0.15) is 32.6 Å². The van der Waals surface area contributed by atoms with E-state index >= 15 is 0 Å². The van der Waals surface area contributed by atoms with E-state index in [0.29, 0.717) is 5.56 Å². The van der Waals surface area contributed by atoms with Gasteiger partial charge in [0.1, 0.15) is 12.4 Å². The first kappa shape index (κ1) is 14.9. The maximum Gasteiger partial charge on any atom is 0.338 e. The number of aromatic carboxylic acids is 1. The van der Waals surface area contributed by atoms with Gasteiger partial charge in [0.25, 0.3) is 0 Å². The SMILES string of the molecule is Cc1cc(C)c(C)c(OCc2cccc(N)c2C(=O)O)c1. The molecule has 4 heteroatoms. The summed E-state index contributed by atoms with van der Waals surface area (Å²) >= 11 is 0. The number of ether oxygens (including phenoxy) is 1. The Bertz CT molecular complexity index is 693. The zero-order valence-corrected chi connectivity index (χ0v) is 12.4. The van der Waals surface area contributed by atoms with Crippen molar-refractivity contribution in [1.29, 1.82) is 0 Å². The lowest BCUT2D eigenvalue weighted by Crippen LogP contribution is -2.09. The molecule has 0 fully saturated rings. The standard InChI is InChI=1S/C17H19NO3/c1-10-7-11(2)12(3)15(8-10)21-9-13-5-4-6-14(18)16(13)17(19)20/h4-8H,9,18H2,1-3H3,(H,19,20). The lowest BCUT2D eigenvalue weighted by Gasteiger charge is -2.14. The van der Waals surface area contributed by atoms with Crippen LogP contribution < -0.4 is 10.5 Å². The zero-order chi connectivity index (χ0) is 15.6. The first-order valence-corrected chi connectivity index (χ1v) is 6.71. The Labute approximate surface area is 124 Å². The second-order valence-electron chi connectivity index (χ2n) is 5.18. The van der Waals surface area contributed by atoms with E-state index in [4.69, 9.17) is 10.5 Å². The highest BCUT2D eigenvalue weighted by Crippen LogP contribution is 2.25. The molecule has 2 aromatic rings. The van der Waals surface area contributed by atoms with Crippen molar-refractivity contribution in [3.05, 3.63) is 58.1 Å². The number of nitrogens with two attached hydrogens (primary N) is 1. The highest BCUT2D eigenvalue weighted by molar-refractivity contribution is 5.95. The molecule has 0 aliphatic rings. The molecule has 2 aromatic carbocycles. The summed E-state index contributed by atoms with van der Waals surface area (Å²) < 4.78 is 5.81. The molecule has 2 rings (SSSR count). The number of carboxylic acid groups (broad SMARTS) is 1. The number of benzene rings is 2. The van der Waals surface area contributed by atoms with E-state index in [1.54, 1.807) is 18.2 Å². The van der Waals surface area contributed by atoms with Gasteiger partial charge in [0.05, 0.1) is 5.56 Å². The Balaban J connectivity index is 2.29. The van der Waals surface area contributed by atoms with E-state index in [0.717, 1.165) is 22.4 Å². The number of carbonyl (C=O) groups is 1.